The van der Waals surface area contributed by atoms with E-state index in [1.54, 1.807) is 12.1 Å². The molecule has 0 saturated carbocycles. The van der Waals surface area contributed by atoms with Crippen LogP contribution in [0.1, 0.15) is 25.5 Å². The second-order valence-corrected chi connectivity index (χ2v) is 5.42. The summed E-state index contributed by atoms with van der Waals surface area (Å²) in [5.74, 6) is -0.169. The van der Waals surface area contributed by atoms with Crippen molar-refractivity contribution in [1.29, 1.82) is 0 Å². The van der Waals surface area contributed by atoms with Crippen molar-refractivity contribution in [2.24, 2.45) is 0 Å². The first-order chi connectivity index (χ1) is 9.06. The Morgan fingerprint density at radius 3 is 2.47 bits per heavy atom. The van der Waals surface area contributed by atoms with Crippen LogP contribution >= 0.6 is 0 Å². The summed E-state index contributed by atoms with van der Waals surface area (Å²) < 4.78 is 13.2. The largest absolute Gasteiger partial charge is 0.392 e. The van der Waals surface area contributed by atoms with Gasteiger partial charge in [0.15, 0.2) is 0 Å². The summed E-state index contributed by atoms with van der Waals surface area (Å²) in [4.78, 5) is 4.65. The van der Waals surface area contributed by atoms with Crippen LogP contribution in [0.3, 0.4) is 0 Å². The van der Waals surface area contributed by atoms with E-state index in [9.17, 15) is 9.50 Å². The molecule has 1 aliphatic heterocycles. The van der Waals surface area contributed by atoms with Gasteiger partial charge in [0.2, 0.25) is 0 Å². The van der Waals surface area contributed by atoms with Crippen LogP contribution in [0.4, 0.5) is 4.39 Å². The number of hydrogen-bond acceptors (Lipinski definition) is 3. The Morgan fingerprint density at radius 2 is 1.89 bits per heavy atom. The van der Waals surface area contributed by atoms with E-state index in [2.05, 4.69) is 16.7 Å². The first-order valence-electron chi connectivity index (χ1n) is 6.96. The second-order valence-electron chi connectivity index (χ2n) is 5.42. The van der Waals surface area contributed by atoms with E-state index >= 15 is 0 Å². The van der Waals surface area contributed by atoms with Crippen LogP contribution in [-0.2, 0) is 0 Å². The van der Waals surface area contributed by atoms with Gasteiger partial charge in [-0.15, -0.1) is 0 Å². The highest BCUT2D eigenvalue weighted by Crippen LogP contribution is 2.22. The van der Waals surface area contributed by atoms with Crippen LogP contribution in [0.25, 0.3) is 0 Å². The summed E-state index contributed by atoms with van der Waals surface area (Å²) in [7, 11) is 0. The lowest BCUT2D eigenvalue weighted by molar-refractivity contribution is 0.0654. The van der Waals surface area contributed by atoms with Crippen LogP contribution in [0.2, 0.25) is 0 Å². The van der Waals surface area contributed by atoms with Crippen molar-refractivity contribution in [2.45, 2.75) is 26.0 Å². The Hall–Kier alpha value is -0.970. The molecule has 1 heterocycles. The number of benzene rings is 1. The number of β-amino-alcohol motifs (C(OH)–C–C–N with tert-alkyl or cyclic N) is 1. The highest BCUT2D eigenvalue weighted by Gasteiger charge is 2.22. The standard InChI is InChI=1S/C15H23FN2O/c1-12(19)11-17-6-8-18(9-7-17)13(2)14-4-3-5-15(16)10-14/h3-5,10,12-13,19H,6-9,11H2,1-2H3/t12-,13+/m1/s1. The summed E-state index contributed by atoms with van der Waals surface area (Å²) in [6.07, 6.45) is -0.271. The van der Waals surface area contributed by atoms with Crippen LogP contribution in [0.5, 0.6) is 0 Å². The smallest absolute Gasteiger partial charge is 0.123 e. The van der Waals surface area contributed by atoms with Crippen molar-refractivity contribution in [3.8, 4) is 0 Å². The number of nitrogens with zero attached hydrogens (tertiary/aromatic N) is 2. The van der Waals surface area contributed by atoms with E-state index in [-0.39, 0.29) is 18.0 Å². The average molecular weight is 266 g/mol. The fourth-order valence-electron chi connectivity index (χ4n) is 2.68. The molecule has 0 aromatic heterocycles. The SMILES string of the molecule is C[C@@H](O)CN1CCN([C@@H](C)c2cccc(F)c2)CC1. The van der Waals surface area contributed by atoms with E-state index in [0.29, 0.717) is 0 Å². The molecule has 1 aliphatic rings. The number of rotatable bonds is 4. The summed E-state index contributed by atoms with van der Waals surface area (Å²) >= 11 is 0. The van der Waals surface area contributed by atoms with Crippen LogP contribution < -0.4 is 0 Å². The van der Waals surface area contributed by atoms with Gasteiger partial charge in [-0.25, -0.2) is 4.39 Å². The maximum absolute atomic E-state index is 13.2. The molecule has 4 heteroatoms. The molecule has 0 amide bonds. The van der Waals surface area contributed by atoms with Crippen molar-refractivity contribution < 1.29 is 9.50 Å². The molecule has 3 nitrogen and oxygen atoms in total. The van der Waals surface area contributed by atoms with E-state index in [1.165, 1.54) is 6.07 Å². The Labute approximate surface area is 114 Å². The summed E-state index contributed by atoms with van der Waals surface area (Å²) in [6, 6.07) is 7.09. The fourth-order valence-corrected chi connectivity index (χ4v) is 2.68. The fraction of sp³-hybridized carbons (Fsp3) is 0.600. The molecule has 0 bridgehead atoms. The van der Waals surface area contributed by atoms with Crippen molar-refractivity contribution in [3.63, 3.8) is 0 Å². The quantitative estimate of drug-likeness (QED) is 0.901. The van der Waals surface area contributed by atoms with Gasteiger partial charge in [0.1, 0.15) is 5.82 Å². The van der Waals surface area contributed by atoms with Crippen molar-refractivity contribution in [1.82, 2.24) is 9.80 Å². The third kappa shape index (κ3) is 4.00. The highest BCUT2D eigenvalue weighted by molar-refractivity contribution is 5.19. The number of aliphatic hydroxyl groups is 1. The summed E-state index contributed by atoms with van der Waals surface area (Å²) in [5.41, 5.74) is 1.03. The first-order valence-corrected chi connectivity index (χ1v) is 6.96. The van der Waals surface area contributed by atoms with Gasteiger partial charge in [-0.1, -0.05) is 12.1 Å². The molecule has 1 aromatic rings. The number of aliphatic hydroxyl groups excluding tert-OH is 1. The topological polar surface area (TPSA) is 26.7 Å². The average Bonchev–Trinajstić information content (AvgIpc) is 2.38. The van der Waals surface area contributed by atoms with E-state index in [0.717, 1.165) is 38.3 Å². The monoisotopic (exact) mass is 266 g/mol. The lowest BCUT2D eigenvalue weighted by Gasteiger charge is -2.38. The molecule has 0 spiro atoms. The lowest BCUT2D eigenvalue weighted by atomic mass is 10.1. The predicted octanol–water partition coefficient (Wildman–Crippen LogP) is 1.89. The van der Waals surface area contributed by atoms with E-state index in [4.69, 9.17) is 0 Å². The molecule has 106 valence electrons. The number of halogens is 1. The second kappa shape index (κ2) is 6.46. The van der Waals surface area contributed by atoms with E-state index < -0.39 is 0 Å². The van der Waals surface area contributed by atoms with Crippen molar-refractivity contribution in [2.75, 3.05) is 32.7 Å². The third-order valence-corrected chi connectivity index (χ3v) is 3.81. The first kappa shape index (κ1) is 14.4. The summed E-state index contributed by atoms with van der Waals surface area (Å²) in [6.45, 7) is 8.53. The molecule has 0 aliphatic carbocycles. The normalized spacial score (nSPS) is 21.3. The van der Waals surface area contributed by atoms with Gasteiger partial charge in [-0.3, -0.25) is 9.80 Å². The molecular weight excluding hydrogens is 243 g/mol. The van der Waals surface area contributed by atoms with Gasteiger partial charge in [0.25, 0.3) is 0 Å². The molecule has 2 atom stereocenters. The zero-order chi connectivity index (χ0) is 13.8. The molecule has 1 N–H and O–H groups in total. The predicted molar refractivity (Wildman–Crippen MR) is 74.5 cm³/mol. The molecular formula is C15H23FN2O. The third-order valence-electron chi connectivity index (χ3n) is 3.81. The maximum atomic E-state index is 13.2. The molecule has 1 aromatic carbocycles. The molecule has 19 heavy (non-hydrogen) atoms. The van der Waals surface area contributed by atoms with Gasteiger partial charge in [0.05, 0.1) is 6.10 Å². The number of piperazine rings is 1. The highest BCUT2D eigenvalue weighted by atomic mass is 19.1. The maximum Gasteiger partial charge on any atom is 0.123 e. The zero-order valence-corrected chi connectivity index (χ0v) is 11.7. The van der Waals surface area contributed by atoms with Crippen LogP contribution in [-0.4, -0.2) is 53.7 Å². The minimum absolute atomic E-state index is 0.169. The minimum Gasteiger partial charge on any atom is -0.392 e. The molecule has 1 fully saturated rings. The van der Waals surface area contributed by atoms with Gasteiger partial charge < -0.3 is 5.11 Å². The zero-order valence-electron chi connectivity index (χ0n) is 11.7. The van der Waals surface area contributed by atoms with Gasteiger partial charge in [-0.2, -0.15) is 0 Å². The Balaban J connectivity index is 1.90. The lowest BCUT2D eigenvalue weighted by Crippen LogP contribution is -2.48. The van der Waals surface area contributed by atoms with Gasteiger partial charge in [0, 0.05) is 38.8 Å². The van der Waals surface area contributed by atoms with Crippen LogP contribution in [0.15, 0.2) is 24.3 Å². The van der Waals surface area contributed by atoms with E-state index in [1.807, 2.05) is 13.0 Å². The van der Waals surface area contributed by atoms with Gasteiger partial charge in [-0.05, 0) is 31.5 Å². The molecule has 0 radical (unpaired) electrons. The molecule has 0 unspecified atom stereocenters. The van der Waals surface area contributed by atoms with Crippen LogP contribution in [0, 0.1) is 5.82 Å². The Bertz CT molecular complexity index is 403. The molecule has 2 rings (SSSR count). The molecule has 1 saturated heterocycles. The Morgan fingerprint density at radius 1 is 1.21 bits per heavy atom. The van der Waals surface area contributed by atoms with Crippen molar-refractivity contribution in [3.05, 3.63) is 35.6 Å². The number of hydrogen-bond donors (Lipinski definition) is 1. The van der Waals surface area contributed by atoms with Gasteiger partial charge >= 0.3 is 0 Å². The van der Waals surface area contributed by atoms with Crippen molar-refractivity contribution >= 4 is 0 Å². The summed E-state index contributed by atoms with van der Waals surface area (Å²) in [5, 5.41) is 9.39. The minimum atomic E-state index is -0.271. The Kier molecular flexibility index (Phi) is 4.91.